The number of hydrogen-bond donors (Lipinski definition) is 2. The van der Waals surface area contributed by atoms with Crippen LogP contribution in [0.5, 0.6) is 0 Å². The van der Waals surface area contributed by atoms with Crippen molar-refractivity contribution in [1.29, 1.82) is 0 Å². The van der Waals surface area contributed by atoms with Crippen LogP contribution in [0.1, 0.15) is 67.5 Å². The Hall–Kier alpha value is -3.49. The Morgan fingerprint density at radius 2 is 1.85 bits per heavy atom. The number of carbonyl (C=O) groups is 2. The molecule has 0 bridgehead atoms. The van der Waals surface area contributed by atoms with Gasteiger partial charge in [-0.2, -0.15) is 0 Å². The summed E-state index contributed by atoms with van der Waals surface area (Å²) in [7, 11) is 0. The number of nitrogens with one attached hydrogen (secondary N) is 1. The largest absolute Gasteiger partial charge is 0.431 e. The zero-order valence-corrected chi connectivity index (χ0v) is 22.6. The average Bonchev–Trinajstić information content (AvgIpc) is 3.39. The van der Waals surface area contributed by atoms with Crippen molar-refractivity contribution in [2.75, 3.05) is 19.6 Å². The second-order valence-electron chi connectivity index (χ2n) is 10.6. The molecule has 0 spiro atoms. The molecule has 2 N–H and O–H groups in total. The van der Waals surface area contributed by atoms with Crippen LogP contribution in [0.4, 0.5) is 0 Å². The zero-order valence-electron chi connectivity index (χ0n) is 22.6. The topological polar surface area (TPSA) is 96.7 Å². The Balaban J connectivity index is 1.52. The Kier molecular flexibility index (Phi) is 8.43. The fraction of sp³-hybridized carbons (Fsp3) is 0.452. The van der Waals surface area contributed by atoms with E-state index in [-0.39, 0.29) is 18.4 Å². The van der Waals surface area contributed by atoms with Gasteiger partial charge in [-0.25, -0.2) is 4.98 Å². The van der Waals surface area contributed by atoms with Gasteiger partial charge in [0.1, 0.15) is 6.04 Å². The average molecular weight is 531 g/mol. The number of amides is 1. The molecule has 1 saturated carbocycles. The predicted molar refractivity (Wildman–Crippen MR) is 149 cm³/mol. The van der Waals surface area contributed by atoms with Crippen molar-refractivity contribution in [1.82, 2.24) is 19.8 Å². The number of esters is 1. The number of benzene rings is 2. The van der Waals surface area contributed by atoms with Crippen molar-refractivity contribution in [3.05, 3.63) is 78.2 Å². The summed E-state index contributed by atoms with van der Waals surface area (Å²) in [5.41, 5.74) is 3.02. The number of ether oxygens (including phenoxy) is 1. The van der Waals surface area contributed by atoms with E-state index in [1.165, 1.54) is 5.56 Å². The van der Waals surface area contributed by atoms with Crippen LogP contribution in [0, 0.1) is 0 Å². The highest BCUT2D eigenvalue weighted by molar-refractivity contribution is 5.98. The van der Waals surface area contributed by atoms with Gasteiger partial charge < -0.3 is 24.6 Å². The van der Waals surface area contributed by atoms with E-state index in [0.717, 1.165) is 24.8 Å². The molecule has 8 heteroatoms. The number of nitrogens with zero attached hydrogens (tertiary/aromatic N) is 3. The quantitative estimate of drug-likeness (QED) is 0.332. The minimum Gasteiger partial charge on any atom is -0.431 e. The molecule has 1 aromatic heterocycles. The standard InChI is InChI=1S/C31H38N4O4/c1-2-11-27(36)39-31(38)17-10-9-16-26(31)35-22-33-28(29(35)24-14-7-4-8-15-24)30(37)34-19-18-32-21-25(34)20-23-12-5-3-6-13-23/h3-8,12-15,22,25-26,32,38H,2,9-11,16-21H2,1H3/t25-,26+,31?/m1/s1. The van der Waals surface area contributed by atoms with Crippen LogP contribution >= 0.6 is 0 Å². The van der Waals surface area contributed by atoms with Crippen LogP contribution in [-0.2, 0) is 16.0 Å². The van der Waals surface area contributed by atoms with Crippen molar-refractivity contribution < 1.29 is 19.4 Å². The second-order valence-corrected chi connectivity index (χ2v) is 10.6. The third-order valence-corrected chi connectivity index (χ3v) is 7.83. The summed E-state index contributed by atoms with van der Waals surface area (Å²) < 4.78 is 7.58. The maximum atomic E-state index is 14.2. The fourth-order valence-corrected chi connectivity index (χ4v) is 5.90. The van der Waals surface area contributed by atoms with Gasteiger partial charge in [-0.15, -0.1) is 0 Å². The van der Waals surface area contributed by atoms with Crippen LogP contribution in [0.3, 0.4) is 0 Å². The fourth-order valence-electron chi connectivity index (χ4n) is 5.90. The van der Waals surface area contributed by atoms with Gasteiger partial charge in [0, 0.05) is 44.1 Å². The molecular formula is C31H38N4O4. The lowest BCUT2D eigenvalue weighted by atomic mass is 9.88. The Morgan fingerprint density at radius 1 is 1.10 bits per heavy atom. The molecular weight excluding hydrogens is 492 g/mol. The lowest BCUT2D eigenvalue weighted by Gasteiger charge is -2.40. The molecule has 2 fully saturated rings. The number of imidazole rings is 1. The lowest BCUT2D eigenvalue weighted by molar-refractivity contribution is -0.238. The first-order valence-electron chi connectivity index (χ1n) is 14.1. The van der Waals surface area contributed by atoms with Crippen LogP contribution in [0.15, 0.2) is 67.0 Å². The maximum absolute atomic E-state index is 14.2. The first-order chi connectivity index (χ1) is 19.0. The van der Waals surface area contributed by atoms with Gasteiger partial charge in [0.05, 0.1) is 12.0 Å². The van der Waals surface area contributed by atoms with Crippen molar-refractivity contribution in [2.24, 2.45) is 0 Å². The first kappa shape index (κ1) is 27.1. The summed E-state index contributed by atoms with van der Waals surface area (Å²) in [6.07, 6.45) is 5.88. The number of hydrogen-bond acceptors (Lipinski definition) is 6. The number of aromatic nitrogens is 2. The molecule has 3 aromatic rings. The highest BCUT2D eigenvalue weighted by Crippen LogP contribution is 2.42. The van der Waals surface area contributed by atoms with E-state index in [4.69, 9.17) is 4.74 Å². The molecule has 1 aliphatic heterocycles. The molecule has 39 heavy (non-hydrogen) atoms. The van der Waals surface area contributed by atoms with Gasteiger partial charge in [-0.3, -0.25) is 9.59 Å². The monoisotopic (exact) mass is 530 g/mol. The first-order valence-corrected chi connectivity index (χ1v) is 14.1. The third kappa shape index (κ3) is 5.92. The third-order valence-electron chi connectivity index (χ3n) is 7.83. The van der Waals surface area contributed by atoms with E-state index in [1.54, 1.807) is 6.33 Å². The van der Waals surface area contributed by atoms with Crippen LogP contribution in [-0.4, -0.2) is 62.9 Å². The molecule has 8 nitrogen and oxygen atoms in total. The maximum Gasteiger partial charge on any atom is 0.308 e. The molecule has 1 aliphatic carbocycles. The minimum atomic E-state index is -1.65. The van der Waals surface area contributed by atoms with Gasteiger partial charge in [0.2, 0.25) is 5.79 Å². The van der Waals surface area contributed by atoms with Crippen molar-refractivity contribution >= 4 is 11.9 Å². The molecule has 2 heterocycles. The Labute approximate surface area is 230 Å². The summed E-state index contributed by atoms with van der Waals surface area (Å²) in [5.74, 6) is -2.19. The van der Waals surface area contributed by atoms with E-state index in [0.29, 0.717) is 50.3 Å². The van der Waals surface area contributed by atoms with E-state index >= 15 is 0 Å². The zero-order chi connectivity index (χ0) is 27.2. The number of piperazine rings is 1. The number of carbonyl (C=O) groups excluding carboxylic acids is 2. The number of aliphatic hydroxyl groups is 1. The molecule has 1 saturated heterocycles. The summed E-state index contributed by atoms with van der Waals surface area (Å²) >= 11 is 0. The van der Waals surface area contributed by atoms with Crippen molar-refractivity contribution in [3.8, 4) is 11.3 Å². The summed E-state index contributed by atoms with van der Waals surface area (Å²) in [5, 5.41) is 15.1. The van der Waals surface area contributed by atoms with E-state index in [2.05, 4.69) is 22.4 Å². The lowest BCUT2D eigenvalue weighted by Crippen LogP contribution is -2.54. The molecule has 2 aliphatic rings. The van der Waals surface area contributed by atoms with Crippen LogP contribution in [0.2, 0.25) is 0 Å². The molecule has 1 amide bonds. The summed E-state index contributed by atoms with van der Waals surface area (Å²) in [4.78, 5) is 33.3. The van der Waals surface area contributed by atoms with Crippen LogP contribution in [0.25, 0.3) is 11.3 Å². The van der Waals surface area contributed by atoms with Crippen LogP contribution < -0.4 is 5.32 Å². The highest BCUT2D eigenvalue weighted by Gasteiger charge is 2.45. The van der Waals surface area contributed by atoms with Gasteiger partial charge in [0.15, 0.2) is 5.69 Å². The minimum absolute atomic E-state index is 0.0102. The smallest absolute Gasteiger partial charge is 0.308 e. The molecule has 5 rings (SSSR count). The summed E-state index contributed by atoms with van der Waals surface area (Å²) in [6.45, 7) is 3.91. The number of rotatable bonds is 8. The SMILES string of the molecule is CCCC(=O)OC1(O)CCCC[C@@H]1n1cnc(C(=O)N2CCNC[C@H]2Cc2ccccc2)c1-c1ccccc1. The predicted octanol–water partition coefficient (Wildman–Crippen LogP) is 4.35. The van der Waals surface area contributed by atoms with Gasteiger partial charge in [-0.1, -0.05) is 74.0 Å². The molecule has 206 valence electrons. The summed E-state index contributed by atoms with van der Waals surface area (Å²) in [6, 6.07) is 19.4. The van der Waals surface area contributed by atoms with E-state index < -0.39 is 17.8 Å². The van der Waals surface area contributed by atoms with E-state index in [1.807, 2.05) is 64.9 Å². The van der Waals surface area contributed by atoms with Crippen molar-refractivity contribution in [3.63, 3.8) is 0 Å². The highest BCUT2D eigenvalue weighted by atomic mass is 16.7. The van der Waals surface area contributed by atoms with Crippen molar-refractivity contribution in [2.45, 2.75) is 69.7 Å². The molecule has 3 atom stereocenters. The normalized spacial score (nSPS) is 23.4. The van der Waals surface area contributed by atoms with Gasteiger partial charge in [-0.05, 0) is 31.2 Å². The Bertz CT molecular complexity index is 1260. The van der Waals surface area contributed by atoms with Gasteiger partial charge >= 0.3 is 5.97 Å². The molecule has 0 radical (unpaired) electrons. The molecule has 2 aromatic carbocycles. The van der Waals surface area contributed by atoms with E-state index in [9.17, 15) is 14.7 Å². The second kappa shape index (κ2) is 12.1. The Morgan fingerprint density at radius 3 is 2.59 bits per heavy atom. The molecule has 1 unspecified atom stereocenters. The van der Waals surface area contributed by atoms with Gasteiger partial charge in [0.25, 0.3) is 5.91 Å².